The lowest BCUT2D eigenvalue weighted by atomic mass is 9.93. The van der Waals surface area contributed by atoms with Gasteiger partial charge in [0.1, 0.15) is 0 Å². The van der Waals surface area contributed by atoms with Crippen LogP contribution in [0.25, 0.3) is 0 Å². The molecule has 1 aliphatic rings. The number of halogens is 1. The van der Waals surface area contributed by atoms with Crippen molar-refractivity contribution < 1.29 is 9.90 Å². The maximum Gasteiger partial charge on any atom is 0.337 e. The quantitative estimate of drug-likeness (QED) is 0.879. The molecule has 0 atom stereocenters. The molecule has 1 heterocycles. The van der Waals surface area contributed by atoms with E-state index in [9.17, 15) is 9.90 Å². The summed E-state index contributed by atoms with van der Waals surface area (Å²) in [6.07, 6.45) is 1.07. The Morgan fingerprint density at radius 3 is 2.71 bits per heavy atom. The van der Waals surface area contributed by atoms with E-state index >= 15 is 0 Å². The van der Waals surface area contributed by atoms with Gasteiger partial charge >= 0.3 is 5.97 Å². The zero-order valence-electron chi connectivity index (χ0n) is 10.0. The molecular weight excluding hydrogens is 238 g/mol. The maximum absolute atomic E-state index is 11.2. The molecule has 0 spiro atoms. The normalized spacial score (nSPS) is 18.4. The van der Waals surface area contributed by atoms with E-state index in [0.29, 0.717) is 10.6 Å². The van der Waals surface area contributed by atoms with E-state index in [0.717, 1.165) is 25.2 Å². The van der Waals surface area contributed by atoms with Gasteiger partial charge in [0.05, 0.1) is 11.3 Å². The fourth-order valence-corrected chi connectivity index (χ4v) is 2.43. The van der Waals surface area contributed by atoms with Crippen LogP contribution in [0.4, 0.5) is 5.69 Å². The number of nitrogens with zero attached hydrogens (tertiary/aromatic N) is 1. The van der Waals surface area contributed by atoms with Gasteiger partial charge in [-0.3, -0.25) is 0 Å². The number of hydrogen-bond acceptors (Lipinski definition) is 2. The third-order valence-electron chi connectivity index (χ3n) is 3.21. The molecule has 0 aromatic heterocycles. The van der Waals surface area contributed by atoms with Gasteiger partial charge in [-0.15, -0.1) is 0 Å². The predicted molar refractivity (Wildman–Crippen MR) is 69.0 cm³/mol. The van der Waals surface area contributed by atoms with Crippen LogP contribution in [-0.2, 0) is 0 Å². The first kappa shape index (κ1) is 12.2. The monoisotopic (exact) mass is 253 g/mol. The molecule has 1 aromatic carbocycles. The molecule has 92 valence electrons. The summed E-state index contributed by atoms with van der Waals surface area (Å²) in [7, 11) is 0. The largest absolute Gasteiger partial charge is 0.478 e. The van der Waals surface area contributed by atoms with Gasteiger partial charge in [0, 0.05) is 18.1 Å². The third kappa shape index (κ3) is 2.55. The molecule has 1 aromatic rings. The first-order valence-corrected chi connectivity index (χ1v) is 6.05. The molecule has 2 rings (SSSR count). The van der Waals surface area contributed by atoms with Crippen molar-refractivity contribution >= 4 is 23.3 Å². The zero-order chi connectivity index (χ0) is 12.6. The molecule has 4 heteroatoms. The van der Waals surface area contributed by atoms with Gasteiger partial charge in [-0.05, 0) is 30.0 Å². The van der Waals surface area contributed by atoms with Crippen molar-refractivity contribution in [3.05, 3.63) is 28.8 Å². The summed E-state index contributed by atoms with van der Waals surface area (Å²) in [5, 5.41) is 9.76. The van der Waals surface area contributed by atoms with Crippen molar-refractivity contribution in [2.24, 2.45) is 5.41 Å². The van der Waals surface area contributed by atoms with Crippen LogP contribution in [0.2, 0.25) is 5.02 Å². The summed E-state index contributed by atoms with van der Waals surface area (Å²) >= 11 is 5.95. The molecule has 1 aliphatic heterocycles. The fourth-order valence-electron chi connectivity index (χ4n) is 2.27. The van der Waals surface area contributed by atoms with Gasteiger partial charge in [-0.2, -0.15) is 0 Å². The number of rotatable bonds is 2. The molecule has 0 aliphatic carbocycles. The number of hydrogen-bond donors (Lipinski definition) is 1. The molecule has 0 saturated carbocycles. The van der Waals surface area contributed by atoms with Crippen molar-refractivity contribution in [3.63, 3.8) is 0 Å². The fraction of sp³-hybridized carbons (Fsp3) is 0.462. The highest BCUT2D eigenvalue weighted by Crippen LogP contribution is 2.35. The Balaban J connectivity index is 2.38. The predicted octanol–water partition coefficient (Wildman–Crippen LogP) is 3.27. The van der Waals surface area contributed by atoms with E-state index in [4.69, 9.17) is 11.6 Å². The molecular formula is C13H16ClNO2. The molecule has 17 heavy (non-hydrogen) atoms. The van der Waals surface area contributed by atoms with E-state index in [2.05, 4.69) is 18.7 Å². The highest BCUT2D eigenvalue weighted by Gasteiger charge is 2.31. The lowest BCUT2D eigenvalue weighted by Crippen LogP contribution is -2.24. The van der Waals surface area contributed by atoms with E-state index < -0.39 is 5.97 Å². The summed E-state index contributed by atoms with van der Waals surface area (Å²) in [6.45, 7) is 6.14. The van der Waals surface area contributed by atoms with Crippen LogP contribution in [0.1, 0.15) is 30.6 Å². The molecule has 0 bridgehead atoms. The Bertz CT molecular complexity index is 457. The Labute approximate surface area is 106 Å². The van der Waals surface area contributed by atoms with Crippen molar-refractivity contribution in [2.75, 3.05) is 18.0 Å². The Hall–Kier alpha value is -1.22. The lowest BCUT2D eigenvalue weighted by molar-refractivity contribution is 0.0697. The van der Waals surface area contributed by atoms with E-state index in [-0.39, 0.29) is 5.41 Å². The van der Waals surface area contributed by atoms with Crippen molar-refractivity contribution in [3.8, 4) is 0 Å². The van der Waals surface area contributed by atoms with E-state index in [1.54, 1.807) is 18.2 Å². The second kappa shape index (κ2) is 4.22. The third-order valence-corrected chi connectivity index (χ3v) is 3.44. The van der Waals surface area contributed by atoms with Crippen LogP contribution in [0.15, 0.2) is 18.2 Å². The first-order chi connectivity index (χ1) is 7.89. The summed E-state index contributed by atoms with van der Waals surface area (Å²) in [5.74, 6) is -0.902. The number of benzene rings is 1. The molecule has 1 saturated heterocycles. The molecule has 0 amide bonds. The van der Waals surface area contributed by atoms with Crippen molar-refractivity contribution in [1.82, 2.24) is 0 Å². The van der Waals surface area contributed by atoms with Gasteiger partial charge in [0.25, 0.3) is 0 Å². The Morgan fingerprint density at radius 1 is 1.47 bits per heavy atom. The second-order valence-electron chi connectivity index (χ2n) is 5.30. The number of aromatic carboxylic acids is 1. The minimum absolute atomic E-state index is 0.234. The van der Waals surface area contributed by atoms with Crippen LogP contribution in [0.3, 0.4) is 0 Å². The van der Waals surface area contributed by atoms with Crippen LogP contribution < -0.4 is 4.90 Å². The minimum atomic E-state index is -0.902. The lowest BCUT2D eigenvalue weighted by Gasteiger charge is -2.23. The number of anilines is 1. The highest BCUT2D eigenvalue weighted by atomic mass is 35.5. The number of carboxylic acid groups (broad SMARTS) is 1. The Kier molecular flexibility index (Phi) is 3.04. The topological polar surface area (TPSA) is 40.5 Å². The minimum Gasteiger partial charge on any atom is -0.478 e. The van der Waals surface area contributed by atoms with Crippen molar-refractivity contribution in [1.29, 1.82) is 0 Å². The molecule has 1 N–H and O–H groups in total. The van der Waals surface area contributed by atoms with Crippen LogP contribution in [0.5, 0.6) is 0 Å². The zero-order valence-corrected chi connectivity index (χ0v) is 10.8. The molecule has 1 fully saturated rings. The first-order valence-electron chi connectivity index (χ1n) is 5.67. The van der Waals surface area contributed by atoms with Crippen LogP contribution in [-0.4, -0.2) is 24.2 Å². The van der Waals surface area contributed by atoms with E-state index in [1.165, 1.54) is 0 Å². The van der Waals surface area contributed by atoms with Gasteiger partial charge in [0.2, 0.25) is 0 Å². The average Bonchev–Trinajstić information content (AvgIpc) is 2.58. The number of carboxylic acids is 1. The maximum atomic E-state index is 11.2. The van der Waals surface area contributed by atoms with Gasteiger partial charge < -0.3 is 10.0 Å². The van der Waals surface area contributed by atoms with Crippen LogP contribution in [0, 0.1) is 5.41 Å². The standard InChI is InChI=1S/C13H16ClNO2/c1-13(2)5-6-15(8-13)11-7-9(14)3-4-10(11)12(16)17/h3-4,7H,5-6,8H2,1-2H3,(H,16,17). The smallest absolute Gasteiger partial charge is 0.337 e. The number of carbonyl (C=O) groups is 1. The SMILES string of the molecule is CC1(C)CCN(c2cc(Cl)ccc2C(=O)O)C1. The summed E-state index contributed by atoms with van der Waals surface area (Å²) in [5.41, 5.74) is 1.29. The second-order valence-corrected chi connectivity index (χ2v) is 5.74. The van der Waals surface area contributed by atoms with Gasteiger partial charge in [-0.25, -0.2) is 4.79 Å². The van der Waals surface area contributed by atoms with Crippen molar-refractivity contribution in [2.45, 2.75) is 20.3 Å². The summed E-state index contributed by atoms with van der Waals surface area (Å²) in [6, 6.07) is 4.94. The molecule has 3 nitrogen and oxygen atoms in total. The van der Waals surface area contributed by atoms with Crippen LogP contribution >= 0.6 is 11.6 Å². The summed E-state index contributed by atoms with van der Waals surface area (Å²) in [4.78, 5) is 13.3. The Morgan fingerprint density at radius 2 is 2.18 bits per heavy atom. The van der Waals surface area contributed by atoms with Gasteiger partial charge in [0.15, 0.2) is 0 Å². The summed E-state index contributed by atoms with van der Waals surface area (Å²) < 4.78 is 0. The van der Waals surface area contributed by atoms with E-state index in [1.807, 2.05) is 0 Å². The molecule has 0 radical (unpaired) electrons. The average molecular weight is 254 g/mol. The van der Waals surface area contributed by atoms with Gasteiger partial charge in [-0.1, -0.05) is 25.4 Å². The highest BCUT2D eigenvalue weighted by molar-refractivity contribution is 6.31. The molecule has 0 unspecified atom stereocenters.